The van der Waals surface area contributed by atoms with E-state index in [1.807, 2.05) is 24.3 Å². The number of amides is 1. The van der Waals surface area contributed by atoms with Gasteiger partial charge in [0.15, 0.2) is 5.78 Å². The summed E-state index contributed by atoms with van der Waals surface area (Å²) in [7, 11) is 1.73. The number of nitrogens with zero attached hydrogens (tertiary/aromatic N) is 2. The van der Waals surface area contributed by atoms with Gasteiger partial charge < -0.3 is 14.5 Å². The van der Waals surface area contributed by atoms with E-state index in [0.29, 0.717) is 0 Å². The van der Waals surface area contributed by atoms with Gasteiger partial charge in [0.2, 0.25) is 6.41 Å². The first-order valence-electron chi connectivity index (χ1n) is 8.16. The summed E-state index contributed by atoms with van der Waals surface area (Å²) in [6, 6.07) is 7.63. The second-order valence-electron chi connectivity index (χ2n) is 5.58. The van der Waals surface area contributed by atoms with Crippen molar-refractivity contribution in [1.29, 1.82) is 0 Å². The van der Waals surface area contributed by atoms with Crippen LogP contribution in [0.4, 0.5) is 5.69 Å². The van der Waals surface area contributed by atoms with Gasteiger partial charge in [-0.15, -0.1) is 0 Å². The van der Waals surface area contributed by atoms with Gasteiger partial charge in [0.05, 0.1) is 0 Å². The molecule has 1 amide bonds. The van der Waals surface area contributed by atoms with Crippen molar-refractivity contribution < 1.29 is 14.3 Å². The number of carbonyl (C=O) groups excluding carboxylic acids is 2. The van der Waals surface area contributed by atoms with Crippen LogP contribution in [0, 0.1) is 0 Å². The van der Waals surface area contributed by atoms with Crippen LogP contribution in [0.1, 0.15) is 37.0 Å². The third-order valence-corrected chi connectivity index (χ3v) is 3.80. The fourth-order valence-corrected chi connectivity index (χ4v) is 2.28. The molecule has 1 heterocycles. The lowest BCUT2D eigenvalue weighted by Crippen LogP contribution is -2.45. The number of ether oxygens (including phenoxy) is 1. The number of ketones is 1. The summed E-state index contributed by atoms with van der Waals surface area (Å²) >= 11 is 0. The summed E-state index contributed by atoms with van der Waals surface area (Å²) in [5.41, 5.74) is 1.85. The third kappa shape index (κ3) is 6.82. The Labute approximate surface area is 139 Å². The topological polar surface area (TPSA) is 49.9 Å². The molecule has 5 nitrogen and oxygen atoms in total. The van der Waals surface area contributed by atoms with Crippen LogP contribution in [-0.4, -0.2) is 57.0 Å². The van der Waals surface area contributed by atoms with Crippen LogP contribution < -0.4 is 4.90 Å². The molecule has 1 aromatic rings. The minimum atomic E-state index is 0.0855. The van der Waals surface area contributed by atoms with Crippen molar-refractivity contribution in [1.82, 2.24) is 4.90 Å². The van der Waals surface area contributed by atoms with Crippen LogP contribution in [0.15, 0.2) is 24.3 Å². The zero-order valence-corrected chi connectivity index (χ0v) is 14.5. The Kier molecular flexibility index (Phi) is 8.98. The average Bonchev–Trinajstić information content (AvgIpc) is 2.60. The molecule has 1 fully saturated rings. The largest absolute Gasteiger partial charge is 0.385 e. The molecular formula is C18H28N2O3. The molecule has 128 valence electrons. The number of benzene rings is 1. The number of piperazine rings is 1. The molecule has 0 bridgehead atoms. The number of hydrogen-bond donors (Lipinski definition) is 0. The molecule has 0 spiro atoms. The number of methoxy groups -OCH3 is 1. The minimum absolute atomic E-state index is 0.0855. The normalized spacial score (nSPS) is 14.0. The maximum atomic E-state index is 11.2. The monoisotopic (exact) mass is 320 g/mol. The maximum Gasteiger partial charge on any atom is 0.209 e. The second-order valence-corrected chi connectivity index (χ2v) is 5.58. The van der Waals surface area contributed by atoms with E-state index in [4.69, 9.17) is 4.74 Å². The van der Waals surface area contributed by atoms with Gasteiger partial charge in [-0.3, -0.25) is 9.59 Å². The van der Waals surface area contributed by atoms with Gasteiger partial charge in [-0.25, -0.2) is 0 Å². The van der Waals surface area contributed by atoms with Crippen molar-refractivity contribution in [2.24, 2.45) is 0 Å². The molecular weight excluding hydrogens is 292 g/mol. The summed E-state index contributed by atoms with van der Waals surface area (Å²) in [5, 5.41) is 0. The van der Waals surface area contributed by atoms with Crippen LogP contribution in [0.5, 0.6) is 0 Å². The molecule has 2 rings (SSSR count). The summed E-state index contributed by atoms with van der Waals surface area (Å²) in [6.45, 7) is 7.85. The van der Waals surface area contributed by atoms with Gasteiger partial charge in [-0.05, 0) is 37.6 Å². The predicted octanol–water partition coefficient (Wildman–Crippen LogP) is 2.60. The highest BCUT2D eigenvalue weighted by atomic mass is 16.5. The minimum Gasteiger partial charge on any atom is -0.385 e. The van der Waals surface area contributed by atoms with Crippen LogP contribution in [0.3, 0.4) is 0 Å². The molecule has 0 aliphatic carbocycles. The van der Waals surface area contributed by atoms with Gasteiger partial charge >= 0.3 is 0 Å². The van der Waals surface area contributed by atoms with Crippen molar-refractivity contribution >= 4 is 17.9 Å². The number of unbranched alkanes of at least 4 members (excludes halogenated alkanes) is 1. The zero-order chi connectivity index (χ0) is 17.1. The number of hydrogen-bond acceptors (Lipinski definition) is 4. The lowest BCUT2D eigenvalue weighted by atomic mass is 10.1. The standard InChI is InChI=1S/C13H16N2O2.C5H12O/c1-11(17)12-2-4-13(5-3-12)15-8-6-14(10-16)7-9-15;1-3-4-5-6-2/h2-5,10H,6-9H2,1H3;3-5H2,1-2H3. The van der Waals surface area contributed by atoms with Gasteiger partial charge in [0.25, 0.3) is 0 Å². The summed E-state index contributed by atoms with van der Waals surface area (Å²) in [6.07, 6.45) is 3.32. The highest BCUT2D eigenvalue weighted by Gasteiger charge is 2.15. The second kappa shape index (κ2) is 10.8. The van der Waals surface area contributed by atoms with Crippen LogP contribution in [0.2, 0.25) is 0 Å². The third-order valence-electron chi connectivity index (χ3n) is 3.80. The molecule has 1 aliphatic heterocycles. The Hall–Kier alpha value is -1.88. The Morgan fingerprint density at radius 2 is 1.78 bits per heavy atom. The molecule has 23 heavy (non-hydrogen) atoms. The number of Topliss-reactive ketones (excluding diaryl/α,β-unsaturated/α-hetero) is 1. The highest BCUT2D eigenvalue weighted by molar-refractivity contribution is 5.94. The van der Waals surface area contributed by atoms with E-state index >= 15 is 0 Å². The van der Waals surface area contributed by atoms with Gasteiger partial charge in [-0.1, -0.05) is 13.3 Å². The summed E-state index contributed by atoms with van der Waals surface area (Å²) < 4.78 is 4.78. The number of rotatable bonds is 6. The molecule has 0 saturated carbocycles. The Morgan fingerprint density at radius 1 is 1.17 bits per heavy atom. The average molecular weight is 320 g/mol. The quantitative estimate of drug-likeness (QED) is 0.459. The molecule has 1 aromatic carbocycles. The Bertz CT molecular complexity index is 462. The van der Waals surface area contributed by atoms with Gasteiger partial charge in [0.1, 0.15) is 0 Å². The predicted molar refractivity (Wildman–Crippen MR) is 93.1 cm³/mol. The lowest BCUT2D eigenvalue weighted by molar-refractivity contribution is -0.118. The molecule has 5 heteroatoms. The lowest BCUT2D eigenvalue weighted by Gasteiger charge is -2.34. The Morgan fingerprint density at radius 3 is 2.17 bits per heavy atom. The van der Waals surface area contributed by atoms with Crippen molar-refractivity contribution in [3.8, 4) is 0 Å². The molecule has 0 aromatic heterocycles. The van der Waals surface area contributed by atoms with E-state index in [1.165, 1.54) is 12.8 Å². The highest BCUT2D eigenvalue weighted by Crippen LogP contribution is 2.17. The van der Waals surface area contributed by atoms with E-state index in [1.54, 1.807) is 18.9 Å². The fourth-order valence-electron chi connectivity index (χ4n) is 2.28. The van der Waals surface area contributed by atoms with Crippen molar-refractivity contribution in [2.75, 3.05) is 44.8 Å². The summed E-state index contributed by atoms with van der Waals surface area (Å²) in [5.74, 6) is 0.0855. The number of carbonyl (C=O) groups is 2. The first-order valence-corrected chi connectivity index (χ1v) is 8.16. The molecule has 0 radical (unpaired) electrons. The molecule has 1 aliphatic rings. The fraction of sp³-hybridized carbons (Fsp3) is 0.556. The molecule has 0 unspecified atom stereocenters. The molecule has 0 N–H and O–H groups in total. The Balaban J connectivity index is 0.000000379. The molecule has 0 atom stereocenters. The van der Waals surface area contributed by atoms with Gasteiger partial charge in [0, 0.05) is 51.1 Å². The van der Waals surface area contributed by atoms with Crippen LogP contribution >= 0.6 is 0 Å². The maximum absolute atomic E-state index is 11.2. The van der Waals surface area contributed by atoms with Crippen LogP contribution in [-0.2, 0) is 9.53 Å². The van der Waals surface area contributed by atoms with E-state index in [2.05, 4.69) is 11.8 Å². The number of anilines is 1. The summed E-state index contributed by atoms with van der Waals surface area (Å²) in [4.78, 5) is 25.8. The SMILES string of the molecule is CC(=O)c1ccc(N2CCN(C=O)CC2)cc1.CCCCOC. The zero-order valence-electron chi connectivity index (χ0n) is 14.5. The first kappa shape index (κ1) is 19.2. The smallest absolute Gasteiger partial charge is 0.209 e. The van der Waals surface area contributed by atoms with E-state index in [-0.39, 0.29) is 5.78 Å². The van der Waals surface area contributed by atoms with Crippen molar-refractivity contribution in [3.05, 3.63) is 29.8 Å². The van der Waals surface area contributed by atoms with Gasteiger partial charge in [-0.2, -0.15) is 0 Å². The van der Waals surface area contributed by atoms with E-state index < -0.39 is 0 Å². The molecule has 1 saturated heterocycles. The van der Waals surface area contributed by atoms with Crippen molar-refractivity contribution in [3.63, 3.8) is 0 Å². The van der Waals surface area contributed by atoms with E-state index in [0.717, 1.165) is 50.4 Å². The van der Waals surface area contributed by atoms with Crippen molar-refractivity contribution in [2.45, 2.75) is 26.7 Å². The first-order chi connectivity index (χ1) is 11.1. The van der Waals surface area contributed by atoms with Crippen LogP contribution in [0.25, 0.3) is 0 Å². The van der Waals surface area contributed by atoms with E-state index in [9.17, 15) is 9.59 Å².